The highest BCUT2D eigenvalue weighted by atomic mass is 14.9. The van der Waals surface area contributed by atoms with E-state index in [-0.39, 0.29) is 0 Å². The number of nitrogens with one attached hydrogen (secondary N) is 2. The van der Waals surface area contributed by atoms with E-state index >= 15 is 0 Å². The van der Waals surface area contributed by atoms with Crippen molar-refractivity contribution in [1.29, 1.82) is 5.41 Å². The minimum Gasteiger partial charge on any atom is -0.317 e. The van der Waals surface area contributed by atoms with Gasteiger partial charge in [0.25, 0.3) is 0 Å². The second kappa shape index (κ2) is 3.52. The highest BCUT2D eigenvalue weighted by molar-refractivity contribution is 5.75. The van der Waals surface area contributed by atoms with Gasteiger partial charge in [0.2, 0.25) is 0 Å². The lowest BCUT2D eigenvalue weighted by molar-refractivity contribution is 0.430. The summed E-state index contributed by atoms with van der Waals surface area (Å²) in [6, 6.07) is 0. The van der Waals surface area contributed by atoms with Gasteiger partial charge in [-0.15, -0.1) is 0 Å². The van der Waals surface area contributed by atoms with Crippen LogP contribution >= 0.6 is 0 Å². The first kappa shape index (κ1) is 7.48. The van der Waals surface area contributed by atoms with E-state index in [9.17, 15) is 0 Å². The Morgan fingerprint density at radius 3 is 2.60 bits per heavy atom. The van der Waals surface area contributed by atoms with E-state index in [2.05, 4.69) is 11.9 Å². The number of allylic oxidation sites excluding steroid dienone is 1. The normalized spacial score (nSPS) is 20.4. The summed E-state index contributed by atoms with van der Waals surface area (Å²) in [6.45, 7) is 5.99. The van der Waals surface area contributed by atoms with Crippen molar-refractivity contribution in [2.24, 2.45) is 5.92 Å². The molecular formula is C8H14N2. The summed E-state index contributed by atoms with van der Waals surface area (Å²) in [5.41, 5.74) is 0.988. The first-order valence-corrected chi connectivity index (χ1v) is 3.74. The van der Waals surface area contributed by atoms with Crippen LogP contribution in [0, 0.1) is 11.3 Å². The van der Waals surface area contributed by atoms with E-state index in [1.807, 2.05) is 0 Å². The van der Waals surface area contributed by atoms with E-state index in [0.717, 1.165) is 31.5 Å². The van der Waals surface area contributed by atoms with E-state index in [1.165, 1.54) is 6.21 Å². The fourth-order valence-corrected chi connectivity index (χ4v) is 1.31. The van der Waals surface area contributed by atoms with Crippen molar-refractivity contribution in [2.45, 2.75) is 12.8 Å². The van der Waals surface area contributed by atoms with Crippen LogP contribution in [0.2, 0.25) is 0 Å². The number of piperidine rings is 1. The molecule has 1 saturated heterocycles. The molecule has 1 heterocycles. The van der Waals surface area contributed by atoms with Crippen LogP contribution in [0.5, 0.6) is 0 Å². The minimum absolute atomic E-state index is 0.568. The summed E-state index contributed by atoms with van der Waals surface area (Å²) in [5, 5.41) is 10.3. The lowest BCUT2D eigenvalue weighted by Crippen LogP contribution is -2.28. The molecule has 0 aliphatic carbocycles. The largest absolute Gasteiger partial charge is 0.317 e. The van der Waals surface area contributed by atoms with Crippen molar-refractivity contribution in [3.05, 3.63) is 12.2 Å². The third-order valence-electron chi connectivity index (χ3n) is 2.05. The zero-order chi connectivity index (χ0) is 7.40. The Morgan fingerprint density at radius 1 is 1.50 bits per heavy atom. The molecule has 0 atom stereocenters. The SMILES string of the molecule is C=C(C=N)C1CCNCC1. The predicted octanol–water partition coefficient (Wildman–Crippen LogP) is 1.19. The van der Waals surface area contributed by atoms with Crippen LogP contribution in [-0.2, 0) is 0 Å². The third kappa shape index (κ3) is 1.67. The van der Waals surface area contributed by atoms with Crippen molar-refractivity contribution in [2.75, 3.05) is 13.1 Å². The lowest BCUT2D eigenvalue weighted by atomic mass is 9.92. The smallest absolute Gasteiger partial charge is 0.0206 e. The summed E-state index contributed by atoms with van der Waals surface area (Å²) in [5.74, 6) is 0.568. The molecule has 0 aromatic heterocycles. The van der Waals surface area contributed by atoms with Gasteiger partial charge in [-0.3, -0.25) is 0 Å². The monoisotopic (exact) mass is 138 g/mol. The standard InChI is InChI=1S/C8H14N2/c1-7(6-9)8-2-4-10-5-3-8/h6,8-10H,1-5H2. The molecule has 0 aromatic rings. The van der Waals surface area contributed by atoms with E-state index in [1.54, 1.807) is 0 Å². The molecule has 1 aliphatic heterocycles. The van der Waals surface area contributed by atoms with Gasteiger partial charge in [-0.1, -0.05) is 6.58 Å². The Balaban J connectivity index is 2.38. The van der Waals surface area contributed by atoms with Gasteiger partial charge in [0, 0.05) is 6.21 Å². The quantitative estimate of drug-likeness (QED) is 0.552. The summed E-state index contributed by atoms with van der Waals surface area (Å²) < 4.78 is 0. The fraction of sp³-hybridized carbons (Fsp3) is 0.625. The van der Waals surface area contributed by atoms with Crippen LogP contribution in [0.3, 0.4) is 0 Å². The molecule has 0 bridgehead atoms. The van der Waals surface area contributed by atoms with E-state index in [0.29, 0.717) is 5.92 Å². The number of hydrogen-bond donors (Lipinski definition) is 2. The molecular weight excluding hydrogens is 124 g/mol. The van der Waals surface area contributed by atoms with Crippen LogP contribution in [0.15, 0.2) is 12.2 Å². The van der Waals surface area contributed by atoms with Crippen molar-refractivity contribution < 1.29 is 0 Å². The van der Waals surface area contributed by atoms with Crippen LogP contribution in [0.4, 0.5) is 0 Å². The molecule has 2 heteroatoms. The highest BCUT2D eigenvalue weighted by Gasteiger charge is 2.13. The molecule has 0 spiro atoms. The molecule has 0 aromatic carbocycles. The topological polar surface area (TPSA) is 35.9 Å². The van der Waals surface area contributed by atoms with Gasteiger partial charge in [0.15, 0.2) is 0 Å². The zero-order valence-electron chi connectivity index (χ0n) is 6.19. The van der Waals surface area contributed by atoms with Crippen molar-refractivity contribution in [1.82, 2.24) is 5.32 Å². The van der Waals surface area contributed by atoms with E-state index < -0.39 is 0 Å². The zero-order valence-corrected chi connectivity index (χ0v) is 6.19. The van der Waals surface area contributed by atoms with Gasteiger partial charge in [-0.05, 0) is 37.4 Å². The highest BCUT2D eigenvalue weighted by Crippen LogP contribution is 2.17. The Kier molecular flexibility index (Phi) is 2.63. The first-order valence-electron chi connectivity index (χ1n) is 3.74. The van der Waals surface area contributed by atoms with Gasteiger partial charge in [0.1, 0.15) is 0 Å². The molecule has 1 aliphatic rings. The number of rotatable bonds is 2. The second-order valence-corrected chi connectivity index (χ2v) is 2.74. The molecule has 0 radical (unpaired) electrons. The van der Waals surface area contributed by atoms with Gasteiger partial charge in [-0.25, -0.2) is 0 Å². The summed E-state index contributed by atoms with van der Waals surface area (Å²) in [7, 11) is 0. The molecule has 0 amide bonds. The Hall–Kier alpha value is -0.630. The molecule has 2 N–H and O–H groups in total. The van der Waals surface area contributed by atoms with Crippen molar-refractivity contribution in [3.8, 4) is 0 Å². The molecule has 0 unspecified atom stereocenters. The van der Waals surface area contributed by atoms with Crippen molar-refractivity contribution in [3.63, 3.8) is 0 Å². The average Bonchev–Trinajstić information content (AvgIpc) is 2.05. The summed E-state index contributed by atoms with van der Waals surface area (Å²) in [4.78, 5) is 0. The molecule has 2 nitrogen and oxygen atoms in total. The Labute approximate surface area is 61.8 Å². The lowest BCUT2D eigenvalue weighted by Gasteiger charge is -2.22. The van der Waals surface area contributed by atoms with Crippen LogP contribution in [0.1, 0.15) is 12.8 Å². The Morgan fingerprint density at radius 2 is 2.10 bits per heavy atom. The molecule has 1 fully saturated rings. The van der Waals surface area contributed by atoms with Crippen LogP contribution in [0.25, 0.3) is 0 Å². The minimum atomic E-state index is 0.568. The maximum Gasteiger partial charge on any atom is 0.0206 e. The fourth-order valence-electron chi connectivity index (χ4n) is 1.31. The Bertz CT molecular complexity index is 134. The third-order valence-corrected chi connectivity index (χ3v) is 2.05. The average molecular weight is 138 g/mol. The summed E-state index contributed by atoms with van der Waals surface area (Å²) in [6.07, 6.45) is 3.68. The van der Waals surface area contributed by atoms with Gasteiger partial charge in [0.05, 0.1) is 0 Å². The van der Waals surface area contributed by atoms with Gasteiger partial charge in [-0.2, -0.15) is 0 Å². The van der Waals surface area contributed by atoms with Crippen LogP contribution < -0.4 is 5.32 Å². The first-order chi connectivity index (χ1) is 4.84. The molecule has 56 valence electrons. The van der Waals surface area contributed by atoms with Gasteiger partial charge < -0.3 is 10.7 Å². The maximum absolute atomic E-state index is 7.00. The summed E-state index contributed by atoms with van der Waals surface area (Å²) >= 11 is 0. The molecule has 0 saturated carbocycles. The van der Waals surface area contributed by atoms with Crippen molar-refractivity contribution >= 4 is 6.21 Å². The van der Waals surface area contributed by atoms with E-state index in [4.69, 9.17) is 5.41 Å². The molecule has 1 rings (SSSR count). The van der Waals surface area contributed by atoms with Crippen LogP contribution in [-0.4, -0.2) is 19.3 Å². The second-order valence-electron chi connectivity index (χ2n) is 2.74. The number of hydrogen-bond acceptors (Lipinski definition) is 2. The van der Waals surface area contributed by atoms with Gasteiger partial charge >= 0.3 is 0 Å². The maximum atomic E-state index is 7.00. The molecule has 10 heavy (non-hydrogen) atoms. The predicted molar refractivity (Wildman–Crippen MR) is 43.5 cm³/mol.